The SMILES string of the molecule is [2H]C([2H])([2H])c1c[c-]c(-c2cc(C([2H])([2H])[2H])c(C([2H])([2H])[2H])cn2)cc1-c1ccccc1.[2H]C([2H])([2H])c1cnc(-c2[c-]cc(C([2H])([2H])[2H])c3c2oc2c4ccccc4ccc23)cc1C([2H])([2H])[2H].[Ir]. The zero-order valence-corrected chi connectivity index (χ0v) is 27.4. The molecule has 1 radical (unpaired) electrons. The number of aromatic nitrogens is 2. The van der Waals surface area contributed by atoms with Gasteiger partial charge < -0.3 is 14.4 Å². The summed E-state index contributed by atoms with van der Waals surface area (Å²) in [4.78, 5) is 8.36. The molecule has 0 saturated heterocycles. The fourth-order valence-corrected chi connectivity index (χ4v) is 5.43. The van der Waals surface area contributed by atoms with Crippen molar-refractivity contribution in [2.45, 2.75) is 41.1 Å². The van der Waals surface area contributed by atoms with Crippen molar-refractivity contribution < 1.29 is 49.2 Å². The number of furan rings is 1. The number of benzene rings is 5. The first-order valence-electron chi connectivity index (χ1n) is 23.5. The van der Waals surface area contributed by atoms with Crippen LogP contribution in [0.1, 0.15) is 58.1 Å². The molecule has 0 aliphatic rings. The molecule has 0 spiro atoms. The molecule has 0 saturated carbocycles. The van der Waals surface area contributed by atoms with E-state index in [0.29, 0.717) is 33.0 Å². The Morgan fingerprint density at radius 2 is 1.25 bits per heavy atom. The van der Waals surface area contributed by atoms with E-state index < -0.39 is 41.1 Å². The van der Waals surface area contributed by atoms with Crippen LogP contribution in [0.3, 0.4) is 0 Å². The van der Waals surface area contributed by atoms with Crippen LogP contribution in [0, 0.1) is 53.2 Å². The van der Waals surface area contributed by atoms with Crippen molar-refractivity contribution in [3.05, 3.63) is 155 Å². The largest absolute Gasteiger partial charge is 0.500 e. The number of hydrogen-bond donors (Lipinski definition) is 0. The Morgan fingerprint density at radius 1 is 0.583 bits per heavy atom. The number of aryl methyl sites for hydroxylation is 6. The summed E-state index contributed by atoms with van der Waals surface area (Å²) in [6, 6.07) is 32.6. The van der Waals surface area contributed by atoms with Crippen molar-refractivity contribution in [3.63, 3.8) is 0 Å². The summed E-state index contributed by atoms with van der Waals surface area (Å²) in [6.07, 6.45) is 2.07. The van der Waals surface area contributed by atoms with Gasteiger partial charge in [0.25, 0.3) is 0 Å². The van der Waals surface area contributed by atoms with E-state index >= 15 is 0 Å². The first-order chi connectivity index (χ1) is 30.0. The molecule has 0 atom stereocenters. The molecule has 0 aliphatic heterocycles. The molecule has 8 rings (SSSR count). The van der Waals surface area contributed by atoms with Gasteiger partial charge in [0.05, 0.1) is 5.58 Å². The summed E-state index contributed by atoms with van der Waals surface area (Å²) in [6.45, 7) is -15.5. The second kappa shape index (κ2) is 13.7. The van der Waals surface area contributed by atoms with Crippen LogP contribution in [0.4, 0.5) is 0 Å². The molecule has 3 nitrogen and oxygen atoms in total. The van der Waals surface area contributed by atoms with Crippen molar-refractivity contribution >= 4 is 32.7 Å². The second-order valence-corrected chi connectivity index (χ2v) is 10.8. The van der Waals surface area contributed by atoms with E-state index in [-0.39, 0.29) is 76.0 Å². The Bertz CT molecular complexity index is 3070. The van der Waals surface area contributed by atoms with Crippen molar-refractivity contribution in [2.24, 2.45) is 0 Å². The topological polar surface area (TPSA) is 38.9 Å². The predicted octanol–water partition coefficient (Wildman–Crippen LogP) is 11.7. The van der Waals surface area contributed by atoms with Gasteiger partial charge in [0.1, 0.15) is 5.58 Å². The Kier molecular flexibility index (Phi) is 4.99. The van der Waals surface area contributed by atoms with Gasteiger partial charge in [-0.05, 0) is 60.9 Å². The summed E-state index contributed by atoms with van der Waals surface area (Å²) in [5, 5.41) is 2.65. The fraction of sp³-hybridized carbons (Fsp3) is 0.136. The van der Waals surface area contributed by atoms with Gasteiger partial charge in [-0.2, -0.15) is 0 Å². The zero-order valence-electron chi connectivity index (χ0n) is 43.0. The molecule has 0 bridgehead atoms. The molecule has 0 unspecified atom stereocenters. The van der Waals surface area contributed by atoms with Gasteiger partial charge in [0.15, 0.2) is 0 Å². The van der Waals surface area contributed by atoms with E-state index in [9.17, 15) is 0 Å². The average Bonchev–Trinajstić information content (AvgIpc) is 3.61. The predicted molar refractivity (Wildman–Crippen MR) is 196 cm³/mol. The Balaban J connectivity index is 0.000000218. The molecule has 8 aromatic rings. The van der Waals surface area contributed by atoms with Crippen LogP contribution in [0.15, 0.2) is 114 Å². The van der Waals surface area contributed by atoms with Crippen LogP contribution < -0.4 is 0 Å². The van der Waals surface area contributed by atoms with Crippen molar-refractivity contribution in [3.8, 4) is 33.6 Å². The third-order valence-electron chi connectivity index (χ3n) is 7.81. The molecular weight excluding hydrogens is 765 g/mol. The second-order valence-electron chi connectivity index (χ2n) is 10.8. The van der Waals surface area contributed by atoms with Gasteiger partial charge in [-0.15, -0.1) is 47.0 Å². The van der Waals surface area contributed by atoms with Crippen molar-refractivity contribution in [1.82, 2.24) is 9.97 Å². The number of rotatable bonds is 3. The Morgan fingerprint density at radius 3 is 2.00 bits per heavy atom. The number of hydrogen-bond acceptors (Lipinski definition) is 3. The van der Waals surface area contributed by atoms with Crippen molar-refractivity contribution in [2.75, 3.05) is 0 Å². The number of pyridine rings is 2. The molecule has 239 valence electrons. The molecular formula is C44H36IrN2O-2. The summed E-state index contributed by atoms with van der Waals surface area (Å²) < 4.78 is 146. The molecule has 3 heterocycles. The minimum Gasteiger partial charge on any atom is -0.500 e. The van der Waals surface area contributed by atoms with Gasteiger partial charge in [0, 0.05) is 67.9 Å². The van der Waals surface area contributed by atoms with E-state index in [1.807, 2.05) is 36.4 Å². The molecule has 0 N–H and O–H groups in total. The van der Waals surface area contributed by atoms with Crippen molar-refractivity contribution in [1.29, 1.82) is 0 Å². The first kappa shape index (κ1) is 17.5. The maximum Gasteiger partial charge on any atom is 0.128 e. The van der Waals surface area contributed by atoms with Gasteiger partial charge >= 0.3 is 0 Å². The maximum absolute atomic E-state index is 8.04. The van der Waals surface area contributed by atoms with E-state index in [2.05, 4.69) is 22.1 Å². The van der Waals surface area contributed by atoms with E-state index in [1.54, 1.807) is 36.4 Å². The summed E-state index contributed by atoms with van der Waals surface area (Å²) in [7, 11) is 0. The van der Waals surface area contributed by atoms with Gasteiger partial charge in [-0.25, -0.2) is 0 Å². The molecule has 0 fully saturated rings. The fourth-order valence-electron chi connectivity index (χ4n) is 5.43. The molecule has 48 heavy (non-hydrogen) atoms. The average molecular weight is 819 g/mol. The first-order valence-corrected chi connectivity index (χ1v) is 14.5. The monoisotopic (exact) mass is 819 g/mol. The quantitative estimate of drug-likeness (QED) is 0.167. The Hall–Kier alpha value is -4.89. The number of fused-ring (bicyclic) bond motifs is 5. The van der Waals surface area contributed by atoms with E-state index in [4.69, 9.17) is 29.1 Å². The summed E-state index contributed by atoms with van der Waals surface area (Å²) in [5.41, 5.74) is 1.49. The molecule has 4 heteroatoms. The van der Waals surface area contributed by atoms with Crippen LogP contribution in [0.5, 0.6) is 0 Å². The maximum atomic E-state index is 8.04. The third-order valence-corrected chi connectivity index (χ3v) is 7.81. The van der Waals surface area contributed by atoms with E-state index in [1.165, 1.54) is 24.3 Å². The summed E-state index contributed by atoms with van der Waals surface area (Å²) >= 11 is 0. The normalized spacial score (nSPS) is 18.1. The van der Waals surface area contributed by atoms with Gasteiger partial charge in [-0.1, -0.05) is 120 Å². The van der Waals surface area contributed by atoms with Crippen LogP contribution in [-0.2, 0) is 20.1 Å². The van der Waals surface area contributed by atoms with Gasteiger partial charge in [0.2, 0.25) is 0 Å². The molecule has 0 aliphatic carbocycles. The number of nitrogens with zero attached hydrogens (tertiary/aromatic N) is 2. The molecule has 0 amide bonds. The van der Waals surface area contributed by atoms with Gasteiger partial charge in [-0.3, -0.25) is 0 Å². The van der Waals surface area contributed by atoms with Crippen LogP contribution >= 0.6 is 0 Å². The standard InChI is InChI=1S/C24H18NO.C20H18N.Ir/c1-14-8-10-19(21-12-15(2)16(3)13-25-21)24-22(14)20-11-9-17-6-4-5-7-18(17)23(20)26-24;1-14-9-10-18(20-11-15(2)16(3)13-21-20)12-19(14)17-7-5-4-6-8-17;/h4-9,11-13H,1-3H3;4-9,11-13H,1-3H3;/q2*-1;/i2*1D3,2D3,3D3;. The zero-order chi connectivity index (χ0) is 47.7. The summed E-state index contributed by atoms with van der Waals surface area (Å²) in [5.74, 6) is 0. The van der Waals surface area contributed by atoms with Crippen LogP contribution in [0.2, 0.25) is 0 Å². The smallest absolute Gasteiger partial charge is 0.128 e. The molecule has 3 aromatic heterocycles. The molecule has 5 aromatic carbocycles. The van der Waals surface area contributed by atoms with Crippen LogP contribution in [-0.4, -0.2) is 9.97 Å². The third kappa shape index (κ3) is 6.22. The van der Waals surface area contributed by atoms with E-state index in [0.717, 1.165) is 23.2 Å². The Labute approximate surface area is 321 Å². The minimum absolute atomic E-state index is 0. The minimum atomic E-state index is -2.71. The van der Waals surface area contributed by atoms with Crippen LogP contribution in [0.25, 0.3) is 66.4 Å².